The van der Waals surface area contributed by atoms with E-state index in [0.29, 0.717) is 11.3 Å². The maximum Gasteiger partial charge on any atom is 0.263 e. The molecule has 0 aliphatic heterocycles. The van der Waals surface area contributed by atoms with E-state index in [-0.39, 0.29) is 11.5 Å². The van der Waals surface area contributed by atoms with Crippen LogP contribution in [0.1, 0.15) is 42.3 Å². The summed E-state index contributed by atoms with van der Waals surface area (Å²) in [5.74, 6) is 0.423. The van der Waals surface area contributed by atoms with E-state index in [1.807, 2.05) is 31.2 Å². The summed E-state index contributed by atoms with van der Waals surface area (Å²) in [6.07, 6.45) is 4.53. The summed E-state index contributed by atoms with van der Waals surface area (Å²) >= 11 is 1.63. The normalized spacial score (nSPS) is 17.5. The van der Waals surface area contributed by atoms with Crippen molar-refractivity contribution in [1.29, 1.82) is 0 Å². The summed E-state index contributed by atoms with van der Waals surface area (Å²) in [5, 5.41) is 3.59. The van der Waals surface area contributed by atoms with Crippen molar-refractivity contribution in [2.75, 3.05) is 5.32 Å². The monoisotopic (exact) mass is 381 g/mol. The number of nitrogens with zero attached hydrogens (tertiary/aromatic N) is 2. The average Bonchev–Trinajstić information content (AvgIpc) is 3.01. The van der Waals surface area contributed by atoms with E-state index < -0.39 is 6.04 Å². The first kappa shape index (κ1) is 17.9. The number of benzene rings is 1. The Morgan fingerprint density at radius 1 is 1.33 bits per heavy atom. The number of carbonyl (C=O) groups is 1. The van der Waals surface area contributed by atoms with Crippen molar-refractivity contribution in [1.82, 2.24) is 9.55 Å². The lowest BCUT2D eigenvalue weighted by Crippen LogP contribution is -2.32. The van der Waals surface area contributed by atoms with Gasteiger partial charge in [-0.15, -0.1) is 11.3 Å². The van der Waals surface area contributed by atoms with Crippen LogP contribution in [-0.4, -0.2) is 15.5 Å². The van der Waals surface area contributed by atoms with Crippen LogP contribution in [0.3, 0.4) is 0 Å². The average molecular weight is 382 g/mol. The first-order valence-electron chi connectivity index (χ1n) is 9.33. The molecular formula is C21H23N3O2S. The van der Waals surface area contributed by atoms with Gasteiger partial charge in [-0.25, -0.2) is 4.98 Å². The molecule has 0 saturated heterocycles. The summed E-state index contributed by atoms with van der Waals surface area (Å²) < 4.78 is 1.46. The number of aromatic nitrogens is 2. The minimum atomic E-state index is -0.631. The second kappa shape index (κ2) is 6.93. The molecule has 0 saturated carbocycles. The van der Waals surface area contributed by atoms with Crippen LogP contribution in [0.4, 0.5) is 5.69 Å². The van der Waals surface area contributed by atoms with E-state index in [1.165, 1.54) is 15.8 Å². The maximum absolute atomic E-state index is 13.1. The molecule has 0 radical (unpaired) electrons. The fraction of sp³-hybridized carbons (Fsp3) is 0.381. The predicted molar refractivity (Wildman–Crippen MR) is 110 cm³/mol. The van der Waals surface area contributed by atoms with Gasteiger partial charge in [-0.2, -0.15) is 0 Å². The highest BCUT2D eigenvalue weighted by Crippen LogP contribution is 2.35. The third-order valence-corrected chi connectivity index (χ3v) is 6.52. The van der Waals surface area contributed by atoms with Gasteiger partial charge in [0.15, 0.2) is 0 Å². The molecule has 2 heterocycles. The molecule has 6 heteroatoms. The Morgan fingerprint density at radius 2 is 2.07 bits per heavy atom. The van der Waals surface area contributed by atoms with E-state index >= 15 is 0 Å². The van der Waals surface area contributed by atoms with Crippen molar-refractivity contribution < 1.29 is 4.79 Å². The van der Waals surface area contributed by atoms with Crippen LogP contribution in [0.25, 0.3) is 10.2 Å². The lowest BCUT2D eigenvalue weighted by atomic mass is 9.89. The Bertz CT molecular complexity index is 1070. The molecule has 4 rings (SSSR count). The summed E-state index contributed by atoms with van der Waals surface area (Å²) in [6, 6.07) is 6.98. The lowest BCUT2D eigenvalue weighted by Gasteiger charge is -2.18. The third kappa shape index (κ3) is 3.30. The quantitative estimate of drug-likeness (QED) is 0.743. The summed E-state index contributed by atoms with van der Waals surface area (Å²) in [4.78, 5) is 32.4. The first-order chi connectivity index (χ1) is 12.9. The second-order valence-electron chi connectivity index (χ2n) is 7.52. The zero-order valence-electron chi connectivity index (χ0n) is 15.8. The molecule has 2 atom stereocenters. The lowest BCUT2D eigenvalue weighted by molar-refractivity contribution is -0.118. The van der Waals surface area contributed by atoms with Gasteiger partial charge in [0.2, 0.25) is 5.91 Å². The highest BCUT2D eigenvalue weighted by molar-refractivity contribution is 7.18. The molecular weight excluding hydrogens is 358 g/mol. The number of anilines is 1. The number of hydrogen-bond donors (Lipinski definition) is 1. The van der Waals surface area contributed by atoms with Crippen LogP contribution in [0.2, 0.25) is 0 Å². The minimum Gasteiger partial charge on any atom is -0.324 e. The molecule has 0 unspecified atom stereocenters. The van der Waals surface area contributed by atoms with Gasteiger partial charge in [-0.1, -0.05) is 24.6 Å². The van der Waals surface area contributed by atoms with E-state index in [1.54, 1.807) is 18.3 Å². The Balaban J connectivity index is 1.66. The molecule has 2 aromatic heterocycles. The zero-order chi connectivity index (χ0) is 19.1. The van der Waals surface area contributed by atoms with E-state index in [0.717, 1.165) is 40.9 Å². The van der Waals surface area contributed by atoms with Crippen LogP contribution in [0.5, 0.6) is 0 Å². The second-order valence-corrected chi connectivity index (χ2v) is 8.60. The summed E-state index contributed by atoms with van der Waals surface area (Å²) in [7, 11) is 0. The van der Waals surface area contributed by atoms with Crippen molar-refractivity contribution >= 4 is 33.1 Å². The summed E-state index contributed by atoms with van der Waals surface area (Å²) in [5.41, 5.74) is 2.88. The predicted octanol–water partition coefficient (Wildman–Crippen LogP) is 4.09. The number of rotatable bonds is 3. The fourth-order valence-corrected chi connectivity index (χ4v) is 4.97. The van der Waals surface area contributed by atoms with Crippen LogP contribution in [0, 0.1) is 12.8 Å². The third-order valence-electron chi connectivity index (χ3n) is 5.36. The molecule has 1 aliphatic rings. The smallest absolute Gasteiger partial charge is 0.263 e. The first-order valence-corrected chi connectivity index (χ1v) is 10.1. The zero-order valence-corrected chi connectivity index (χ0v) is 16.6. The van der Waals surface area contributed by atoms with Crippen LogP contribution < -0.4 is 10.9 Å². The van der Waals surface area contributed by atoms with Crippen molar-refractivity contribution in [2.45, 2.75) is 46.1 Å². The van der Waals surface area contributed by atoms with Crippen molar-refractivity contribution in [3.8, 4) is 0 Å². The highest BCUT2D eigenvalue weighted by Gasteiger charge is 2.25. The standard InChI is InChI=1S/C21H23N3O2S/c1-12-4-7-15(8-5-12)23-19(25)14(3)24-11-22-20-18(21(24)26)16-9-6-13(2)10-17(16)27-20/h4-5,7-8,11,13-14H,6,9-10H2,1-3H3,(H,23,25)/t13-,14+/m0/s1. The van der Waals surface area contributed by atoms with E-state index in [4.69, 9.17) is 0 Å². The molecule has 140 valence electrons. The Hall–Kier alpha value is -2.47. The number of thiophene rings is 1. The van der Waals surface area contributed by atoms with Crippen molar-refractivity contribution in [3.05, 3.63) is 57.0 Å². The number of amides is 1. The Labute approximate surface area is 162 Å². The molecule has 3 aromatic rings. The van der Waals surface area contributed by atoms with Gasteiger partial charge in [0.25, 0.3) is 5.56 Å². The molecule has 0 bridgehead atoms. The largest absolute Gasteiger partial charge is 0.324 e. The van der Waals surface area contributed by atoms with E-state index in [2.05, 4.69) is 17.2 Å². The summed E-state index contributed by atoms with van der Waals surface area (Å²) in [6.45, 7) is 5.98. The van der Waals surface area contributed by atoms with Crippen molar-refractivity contribution in [3.63, 3.8) is 0 Å². The highest BCUT2D eigenvalue weighted by atomic mass is 32.1. The van der Waals surface area contributed by atoms with Gasteiger partial charge in [-0.05, 0) is 56.7 Å². The topological polar surface area (TPSA) is 64.0 Å². The van der Waals surface area contributed by atoms with Gasteiger partial charge < -0.3 is 5.32 Å². The SMILES string of the molecule is Cc1ccc(NC(=O)[C@@H](C)n2cnc3sc4c(c3c2=O)CC[C@H](C)C4)cc1. The number of hydrogen-bond acceptors (Lipinski definition) is 4. The Kier molecular flexibility index (Phi) is 4.60. The van der Waals surface area contributed by atoms with Gasteiger partial charge in [-0.3, -0.25) is 14.2 Å². The number of aryl methyl sites for hydroxylation is 2. The molecule has 27 heavy (non-hydrogen) atoms. The molecule has 5 nitrogen and oxygen atoms in total. The van der Waals surface area contributed by atoms with Gasteiger partial charge in [0.05, 0.1) is 11.7 Å². The van der Waals surface area contributed by atoms with Gasteiger partial charge in [0, 0.05) is 10.6 Å². The number of nitrogens with one attached hydrogen (secondary N) is 1. The number of carbonyl (C=O) groups excluding carboxylic acids is 1. The molecule has 1 aliphatic carbocycles. The molecule has 1 aromatic carbocycles. The van der Waals surface area contributed by atoms with E-state index in [9.17, 15) is 9.59 Å². The van der Waals surface area contributed by atoms with Gasteiger partial charge in [0.1, 0.15) is 10.9 Å². The fourth-order valence-electron chi connectivity index (χ4n) is 3.63. The van der Waals surface area contributed by atoms with Gasteiger partial charge >= 0.3 is 0 Å². The van der Waals surface area contributed by atoms with Crippen LogP contribution in [-0.2, 0) is 17.6 Å². The molecule has 0 spiro atoms. The molecule has 1 amide bonds. The maximum atomic E-state index is 13.1. The van der Waals surface area contributed by atoms with Crippen LogP contribution >= 0.6 is 11.3 Å². The minimum absolute atomic E-state index is 0.112. The number of fused-ring (bicyclic) bond motifs is 3. The molecule has 1 N–H and O–H groups in total. The van der Waals surface area contributed by atoms with Crippen LogP contribution in [0.15, 0.2) is 35.4 Å². The molecule has 0 fully saturated rings. The Morgan fingerprint density at radius 3 is 2.81 bits per heavy atom. The van der Waals surface area contributed by atoms with Crippen molar-refractivity contribution in [2.24, 2.45) is 5.92 Å².